The van der Waals surface area contributed by atoms with E-state index in [9.17, 15) is 4.79 Å². The number of benzene rings is 1. The summed E-state index contributed by atoms with van der Waals surface area (Å²) in [5.74, 6) is 0. The van der Waals surface area contributed by atoms with Gasteiger partial charge in [-0.1, -0.05) is 18.9 Å². The highest BCUT2D eigenvalue weighted by Gasteiger charge is 2.44. The molecule has 34 heavy (non-hydrogen) atoms. The van der Waals surface area contributed by atoms with Gasteiger partial charge in [-0.25, -0.2) is 4.79 Å². The standard InChI is InChI=1S/C28H37N5O/c1-21-22(2)33(20-28(21)13-16-32(17-14-28)25-7-3-4-8-25)26-11-9-24(10-12-26)31-27(34)30-19-23-6-5-15-29-18-23/h5-6,9-12,15,18,25H,3-4,7-8,13-14,16-17,19-20H2,1-2H3,(H2,30,31,34). The second kappa shape index (κ2) is 9.79. The molecule has 1 saturated carbocycles. The van der Waals surface area contributed by atoms with E-state index in [0.29, 0.717) is 12.0 Å². The number of carbonyl (C=O) groups excluding carboxylic acids is 1. The maximum Gasteiger partial charge on any atom is 0.319 e. The largest absolute Gasteiger partial charge is 0.345 e. The molecule has 1 saturated heterocycles. The van der Waals surface area contributed by atoms with Gasteiger partial charge in [0.1, 0.15) is 0 Å². The summed E-state index contributed by atoms with van der Waals surface area (Å²) in [6.07, 6.45) is 11.6. The normalized spacial score (nSPS) is 20.8. The lowest BCUT2D eigenvalue weighted by Crippen LogP contribution is -2.46. The summed E-state index contributed by atoms with van der Waals surface area (Å²) >= 11 is 0. The van der Waals surface area contributed by atoms with Crippen molar-refractivity contribution in [2.24, 2.45) is 5.41 Å². The van der Waals surface area contributed by atoms with Gasteiger partial charge in [0.15, 0.2) is 0 Å². The van der Waals surface area contributed by atoms with Crippen molar-refractivity contribution in [2.45, 2.75) is 65.0 Å². The summed E-state index contributed by atoms with van der Waals surface area (Å²) in [6, 6.07) is 12.7. The first-order valence-corrected chi connectivity index (χ1v) is 12.8. The van der Waals surface area contributed by atoms with Gasteiger partial charge in [0.25, 0.3) is 0 Å². The third-order valence-corrected chi connectivity index (χ3v) is 8.41. The summed E-state index contributed by atoms with van der Waals surface area (Å²) in [5, 5.41) is 5.81. The number of aromatic nitrogens is 1. The fourth-order valence-electron chi connectivity index (χ4n) is 6.12. The van der Waals surface area contributed by atoms with Gasteiger partial charge in [0.05, 0.1) is 0 Å². The van der Waals surface area contributed by atoms with E-state index in [-0.39, 0.29) is 6.03 Å². The molecule has 1 aromatic carbocycles. The summed E-state index contributed by atoms with van der Waals surface area (Å²) in [6.45, 7) is 8.62. The predicted octanol–water partition coefficient (Wildman–Crippen LogP) is 5.54. The number of anilines is 2. The fraction of sp³-hybridized carbons (Fsp3) is 0.500. The van der Waals surface area contributed by atoms with Crippen molar-refractivity contribution in [3.8, 4) is 0 Å². The first-order valence-electron chi connectivity index (χ1n) is 12.8. The smallest absolute Gasteiger partial charge is 0.319 e. The molecule has 1 aromatic heterocycles. The molecule has 3 heterocycles. The van der Waals surface area contributed by atoms with E-state index in [1.54, 1.807) is 18.0 Å². The first-order chi connectivity index (χ1) is 16.5. The van der Waals surface area contributed by atoms with Crippen LogP contribution in [0.4, 0.5) is 16.2 Å². The second-order valence-corrected chi connectivity index (χ2v) is 10.3. The number of piperidine rings is 1. The van der Waals surface area contributed by atoms with Crippen molar-refractivity contribution < 1.29 is 4.79 Å². The molecule has 2 N–H and O–H groups in total. The first kappa shape index (κ1) is 22.9. The molecule has 1 aliphatic carbocycles. The number of allylic oxidation sites excluding steroid dienone is 1. The summed E-state index contributed by atoms with van der Waals surface area (Å²) in [4.78, 5) is 21.6. The van der Waals surface area contributed by atoms with Crippen LogP contribution in [0.1, 0.15) is 57.9 Å². The van der Waals surface area contributed by atoms with Gasteiger partial charge < -0.3 is 20.4 Å². The maximum absolute atomic E-state index is 12.3. The van der Waals surface area contributed by atoms with E-state index in [4.69, 9.17) is 0 Å². The van der Waals surface area contributed by atoms with Crippen molar-refractivity contribution in [2.75, 3.05) is 29.9 Å². The van der Waals surface area contributed by atoms with E-state index in [2.05, 4.69) is 51.4 Å². The van der Waals surface area contributed by atoms with Crippen LogP contribution in [0.3, 0.4) is 0 Å². The van der Waals surface area contributed by atoms with Crippen LogP contribution in [0.5, 0.6) is 0 Å². The van der Waals surface area contributed by atoms with Gasteiger partial charge in [-0.15, -0.1) is 0 Å². The third kappa shape index (κ3) is 4.69. The number of amides is 2. The number of rotatable bonds is 5. The number of carbonyl (C=O) groups is 1. The van der Waals surface area contributed by atoms with E-state index in [1.807, 2.05) is 24.3 Å². The number of hydrogen-bond donors (Lipinski definition) is 2. The van der Waals surface area contributed by atoms with Crippen molar-refractivity contribution in [3.63, 3.8) is 0 Å². The van der Waals surface area contributed by atoms with Gasteiger partial charge in [-0.2, -0.15) is 0 Å². The molecule has 2 fully saturated rings. The maximum atomic E-state index is 12.3. The molecule has 1 spiro atoms. The Bertz CT molecular complexity index is 1020. The van der Waals surface area contributed by atoms with Gasteiger partial charge in [-0.3, -0.25) is 4.98 Å². The van der Waals surface area contributed by atoms with Crippen molar-refractivity contribution in [3.05, 3.63) is 65.6 Å². The van der Waals surface area contributed by atoms with Gasteiger partial charge >= 0.3 is 6.03 Å². The molecular formula is C28H37N5O. The van der Waals surface area contributed by atoms with E-state index < -0.39 is 0 Å². The van der Waals surface area contributed by atoms with Crippen LogP contribution < -0.4 is 15.5 Å². The predicted molar refractivity (Wildman–Crippen MR) is 138 cm³/mol. The number of nitrogens with zero attached hydrogens (tertiary/aromatic N) is 3. The Morgan fingerprint density at radius 2 is 1.82 bits per heavy atom. The van der Waals surface area contributed by atoms with Gasteiger partial charge in [-0.05, 0) is 94.1 Å². The lowest BCUT2D eigenvalue weighted by atomic mass is 9.74. The van der Waals surface area contributed by atoms with Crippen LogP contribution in [0.2, 0.25) is 0 Å². The number of urea groups is 1. The average Bonchev–Trinajstić information content (AvgIpc) is 3.49. The Morgan fingerprint density at radius 3 is 2.50 bits per heavy atom. The highest BCUT2D eigenvalue weighted by molar-refractivity contribution is 5.89. The Hall–Kier alpha value is -2.86. The molecule has 0 bridgehead atoms. The van der Waals surface area contributed by atoms with Crippen molar-refractivity contribution in [1.29, 1.82) is 0 Å². The zero-order valence-corrected chi connectivity index (χ0v) is 20.5. The molecule has 2 aliphatic heterocycles. The summed E-state index contributed by atoms with van der Waals surface area (Å²) in [5.41, 5.74) is 6.24. The molecule has 2 aromatic rings. The Labute approximate surface area is 203 Å². The fourth-order valence-corrected chi connectivity index (χ4v) is 6.12. The molecule has 2 amide bonds. The number of likely N-dealkylation sites (tertiary alicyclic amines) is 1. The molecule has 5 rings (SSSR count). The van der Waals surface area contributed by atoms with Gasteiger partial charge in [0.2, 0.25) is 0 Å². The number of nitrogens with one attached hydrogen (secondary N) is 2. The molecule has 0 atom stereocenters. The van der Waals surface area contributed by atoms with Gasteiger partial charge in [0, 0.05) is 54.0 Å². The van der Waals surface area contributed by atoms with E-state index in [0.717, 1.165) is 23.8 Å². The number of hydrogen-bond acceptors (Lipinski definition) is 4. The van der Waals surface area contributed by atoms with E-state index >= 15 is 0 Å². The quantitative estimate of drug-likeness (QED) is 0.616. The summed E-state index contributed by atoms with van der Waals surface area (Å²) in [7, 11) is 0. The molecule has 0 radical (unpaired) electrons. The molecular weight excluding hydrogens is 422 g/mol. The lowest BCUT2D eigenvalue weighted by Gasteiger charge is -2.43. The zero-order chi connectivity index (χ0) is 23.5. The van der Waals surface area contributed by atoms with Crippen LogP contribution in [-0.2, 0) is 6.54 Å². The number of pyridine rings is 1. The SMILES string of the molecule is CC1=C(C)C2(CCN(C3CCCC3)CC2)CN1c1ccc(NC(=O)NCc2cccnc2)cc1. The van der Waals surface area contributed by atoms with Crippen LogP contribution >= 0.6 is 0 Å². The Balaban J connectivity index is 1.18. The molecule has 180 valence electrons. The lowest BCUT2D eigenvalue weighted by molar-refractivity contribution is 0.103. The van der Waals surface area contributed by atoms with Crippen LogP contribution in [0.15, 0.2) is 60.1 Å². The van der Waals surface area contributed by atoms with Crippen LogP contribution in [0.25, 0.3) is 0 Å². The van der Waals surface area contributed by atoms with E-state index in [1.165, 1.54) is 63.0 Å². The van der Waals surface area contributed by atoms with Crippen molar-refractivity contribution >= 4 is 17.4 Å². The minimum absolute atomic E-state index is 0.210. The zero-order valence-electron chi connectivity index (χ0n) is 20.5. The second-order valence-electron chi connectivity index (χ2n) is 10.3. The Kier molecular flexibility index (Phi) is 6.59. The summed E-state index contributed by atoms with van der Waals surface area (Å²) < 4.78 is 0. The monoisotopic (exact) mass is 459 g/mol. The Morgan fingerprint density at radius 1 is 1.09 bits per heavy atom. The van der Waals surface area contributed by atoms with Crippen LogP contribution in [0, 0.1) is 5.41 Å². The van der Waals surface area contributed by atoms with Crippen molar-refractivity contribution in [1.82, 2.24) is 15.2 Å². The average molecular weight is 460 g/mol. The highest BCUT2D eigenvalue weighted by atomic mass is 16.2. The minimum atomic E-state index is -0.210. The topological polar surface area (TPSA) is 60.5 Å². The molecule has 3 aliphatic rings. The third-order valence-electron chi connectivity index (χ3n) is 8.41. The minimum Gasteiger partial charge on any atom is -0.345 e. The molecule has 0 unspecified atom stereocenters. The van der Waals surface area contributed by atoms with Crippen LogP contribution in [-0.4, -0.2) is 41.6 Å². The molecule has 6 nitrogen and oxygen atoms in total. The molecule has 6 heteroatoms. The highest BCUT2D eigenvalue weighted by Crippen LogP contribution is 2.48.